The van der Waals surface area contributed by atoms with E-state index < -0.39 is 6.10 Å². The molecule has 0 unspecified atom stereocenters. The van der Waals surface area contributed by atoms with Gasteiger partial charge in [-0.2, -0.15) is 0 Å². The molecule has 0 bridgehead atoms. The Morgan fingerprint density at radius 2 is 1.83 bits per heavy atom. The van der Waals surface area contributed by atoms with Gasteiger partial charge in [0.2, 0.25) is 6.10 Å². The summed E-state index contributed by atoms with van der Waals surface area (Å²) in [4.78, 5) is 12.6. The van der Waals surface area contributed by atoms with Gasteiger partial charge in [0, 0.05) is 24.2 Å². The van der Waals surface area contributed by atoms with Crippen LogP contribution < -0.4 is 14.8 Å². The molecule has 1 N–H and O–H groups in total. The van der Waals surface area contributed by atoms with Crippen LogP contribution in [0.15, 0.2) is 48.5 Å². The molecule has 7 nitrogen and oxygen atoms in total. The van der Waals surface area contributed by atoms with Gasteiger partial charge in [-0.05, 0) is 49.2 Å². The van der Waals surface area contributed by atoms with Gasteiger partial charge < -0.3 is 19.4 Å². The van der Waals surface area contributed by atoms with Gasteiger partial charge in [-0.1, -0.05) is 18.6 Å². The first-order valence-corrected chi connectivity index (χ1v) is 10.00. The minimum atomic E-state index is -0.683. The zero-order valence-corrected chi connectivity index (χ0v) is 16.0. The first-order chi connectivity index (χ1) is 14.3. The number of carbonyl (C=O) groups is 1. The normalized spacial score (nSPS) is 17.9. The first kappa shape index (κ1) is 17.7. The number of amides is 1. The summed E-state index contributed by atoms with van der Waals surface area (Å²) in [5, 5.41) is 11.6. The van der Waals surface area contributed by atoms with Crippen LogP contribution in [0.1, 0.15) is 25.1 Å². The van der Waals surface area contributed by atoms with Crippen molar-refractivity contribution in [3.05, 3.63) is 54.4 Å². The van der Waals surface area contributed by atoms with E-state index in [0.717, 1.165) is 36.6 Å². The summed E-state index contributed by atoms with van der Waals surface area (Å²) < 4.78 is 13.6. The van der Waals surface area contributed by atoms with Gasteiger partial charge in [-0.3, -0.25) is 4.79 Å². The maximum absolute atomic E-state index is 12.6. The molecule has 7 heteroatoms. The third kappa shape index (κ3) is 3.55. The molecule has 2 aromatic carbocycles. The molecule has 2 aliphatic heterocycles. The highest BCUT2D eigenvalue weighted by atomic mass is 16.6. The highest BCUT2D eigenvalue weighted by molar-refractivity contribution is 5.94. The number of aromatic nitrogens is 3. The molecule has 0 saturated carbocycles. The fraction of sp³-hybridized carbons (Fsp3) is 0.318. The molecule has 0 fully saturated rings. The minimum absolute atomic E-state index is 0.187. The fourth-order valence-corrected chi connectivity index (χ4v) is 3.77. The Hall–Kier alpha value is -3.35. The number of rotatable bonds is 3. The number of aryl methyl sites for hydroxylation is 1. The first-order valence-electron chi connectivity index (χ1n) is 10.00. The molecule has 3 aromatic rings. The molecular formula is C22H22N4O3. The average Bonchev–Trinajstić information content (AvgIpc) is 3.02. The van der Waals surface area contributed by atoms with Gasteiger partial charge in [-0.25, -0.2) is 0 Å². The van der Waals surface area contributed by atoms with E-state index in [1.807, 2.05) is 42.5 Å². The van der Waals surface area contributed by atoms with Crippen molar-refractivity contribution < 1.29 is 14.3 Å². The number of para-hydroxylation sites is 2. The van der Waals surface area contributed by atoms with Gasteiger partial charge in [-0.15, -0.1) is 10.2 Å². The minimum Gasteiger partial charge on any atom is -0.485 e. The molecule has 148 valence electrons. The number of fused-ring (bicyclic) bond motifs is 2. The number of nitrogens with one attached hydrogen (secondary N) is 1. The van der Waals surface area contributed by atoms with Crippen molar-refractivity contribution in [2.45, 2.75) is 38.3 Å². The van der Waals surface area contributed by atoms with Crippen molar-refractivity contribution in [1.29, 1.82) is 0 Å². The van der Waals surface area contributed by atoms with Crippen molar-refractivity contribution in [2.75, 3.05) is 11.9 Å². The third-order valence-electron chi connectivity index (χ3n) is 5.32. The topological polar surface area (TPSA) is 78.3 Å². The number of nitrogens with zero attached hydrogens (tertiary/aromatic N) is 3. The Labute approximate surface area is 168 Å². The number of anilines is 1. The second kappa shape index (κ2) is 7.58. The largest absolute Gasteiger partial charge is 0.485 e. The van der Waals surface area contributed by atoms with Gasteiger partial charge in [0.15, 0.2) is 17.3 Å². The monoisotopic (exact) mass is 390 g/mol. The lowest BCUT2D eigenvalue weighted by Crippen LogP contribution is -2.40. The Morgan fingerprint density at radius 1 is 1.00 bits per heavy atom. The molecule has 2 aliphatic rings. The van der Waals surface area contributed by atoms with E-state index in [9.17, 15) is 4.79 Å². The molecule has 1 aromatic heterocycles. The van der Waals surface area contributed by atoms with Crippen LogP contribution in [0, 0.1) is 0 Å². The van der Waals surface area contributed by atoms with E-state index in [2.05, 4.69) is 20.1 Å². The molecular weight excluding hydrogens is 368 g/mol. The highest BCUT2D eigenvalue weighted by Crippen LogP contribution is 2.31. The van der Waals surface area contributed by atoms with Crippen molar-refractivity contribution in [3.8, 4) is 22.9 Å². The number of carbonyl (C=O) groups excluding carboxylic acids is 1. The van der Waals surface area contributed by atoms with Crippen LogP contribution in [-0.4, -0.2) is 33.4 Å². The second-order valence-electron chi connectivity index (χ2n) is 7.33. The predicted molar refractivity (Wildman–Crippen MR) is 108 cm³/mol. The standard InChI is InChI=1S/C22H22N4O3/c27-22(19-14-28-17-6-3-4-7-18(17)29-19)23-16-11-9-15(10-12-16)21-25-24-20-8-2-1-5-13-26(20)21/h3-4,6-7,9-12,19H,1-2,5,8,13-14H2,(H,23,27)/t19-/m0/s1. The second-order valence-corrected chi connectivity index (χ2v) is 7.33. The van der Waals surface area contributed by atoms with Crippen LogP contribution in [0.4, 0.5) is 5.69 Å². The SMILES string of the molecule is O=C(Nc1ccc(-c2nnc3n2CCCCC3)cc1)[C@@H]1COc2ccccc2O1. The van der Waals surface area contributed by atoms with Crippen molar-refractivity contribution in [3.63, 3.8) is 0 Å². The predicted octanol–water partition coefficient (Wildman–Crippen LogP) is 3.45. The van der Waals surface area contributed by atoms with Gasteiger partial charge in [0.05, 0.1) is 0 Å². The van der Waals surface area contributed by atoms with Crippen molar-refractivity contribution in [2.24, 2.45) is 0 Å². The number of ether oxygens (including phenoxy) is 2. The molecule has 3 heterocycles. The maximum Gasteiger partial charge on any atom is 0.269 e. The number of hydrogen-bond acceptors (Lipinski definition) is 5. The molecule has 0 saturated heterocycles. The summed E-state index contributed by atoms with van der Waals surface area (Å²) in [5.74, 6) is 2.96. The third-order valence-corrected chi connectivity index (χ3v) is 5.32. The number of benzene rings is 2. The van der Waals surface area contributed by atoms with Crippen molar-refractivity contribution >= 4 is 11.6 Å². The van der Waals surface area contributed by atoms with Gasteiger partial charge in [0.25, 0.3) is 5.91 Å². The molecule has 1 atom stereocenters. The zero-order valence-electron chi connectivity index (χ0n) is 16.0. The quantitative estimate of drug-likeness (QED) is 0.741. The van der Waals surface area contributed by atoms with E-state index in [1.54, 1.807) is 6.07 Å². The molecule has 0 radical (unpaired) electrons. The summed E-state index contributed by atoms with van der Waals surface area (Å²) in [5.41, 5.74) is 1.70. The molecule has 5 rings (SSSR count). The lowest BCUT2D eigenvalue weighted by Gasteiger charge is -2.25. The Morgan fingerprint density at radius 3 is 2.69 bits per heavy atom. The van der Waals surface area contributed by atoms with Gasteiger partial charge in [0.1, 0.15) is 12.4 Å². The van der Waals surface area contributed by atoms with Crippen LogP contribution in [0.25, 0.3) is 11.4 Å². The summed E-state index contributed by atoms with van der Waals surface area (Å²) >= 11 is 0. The molecule has 1 amide bonds. The lowest BCUT2D eigenvalue weighted by atomic mass is 10.2. The zero-order chi connectivity index (χ0) is 19.6. The molecule has 29 heavy (non-hydrogen) atoms. The van der Waals surface area contributed by atoms with Crippen LogP contribution in [-0.2, 0) is 17.8 Å². The summed E-state index contributed by atoms with van der Waals surface area (Å²) in [6.07, 6.45) is 3.84. The van der Waals surface area contributed by atoms with Crippen LogP contribution in [0.3, 0.4) is 0 Å². The van der Waals surface area contributed by atoms with E-state index in [-0.39, 0.29) is 12.5 Å². The Balaban J connectivity index is 1.28. The Bertz CT molecular complexity index is 1030. The fourth-order valence-electron chi connectivity index (χ4n) is 3.77. The smallest absolute Gasteiger partial charge is 0.269 e. The van der Waals surface area contributed by atoms with E-state index in [0.29, 0.717) is 17.2 Å². The summed E-state index contributed by atoms with van der Waals surface area (Å²) in [7, 11) is 0. The van der Waals surface area contributed by atoms with Crippen molar-refractivity contribution in [1.82, 2.24) is 14.8 Å². The van der Waals surface area contributed by atoms with Crippen LogP contribution >= 0.6 is 0 Å². The average molecular weight is 390 g/mol. The Kier molecular flexibility index (Phi) is 4.63. The molecule has 0 spiro atoms. The highest BCUT2D eigenvalue weighted by Gasteiger charge is 2.27. The van der Waals surface area contributed by atoms with E-state index >= 15 is 0 Å². The van der Waals surface area contributed by atoms with Crippen LogP contribution in [0.2, 0.25) is 0 Å². The maximum atomic E-state index is 12.6. The van der Waals surface area contributed by atoms with Gasteiger partial charge >= 0.3 is 0 Å². The summed E-state index contributed by atoms with van der Waals surface area (Å²) in [6.45, 7) is 1.14. The number of hydrogen-bond donors (Lipinski definition) is 1. The van der Waals surface area contributed by atoms with E-state index in [1.165, 1.54) is 12.8 Å². The summed E-state index contributed by atoms with van der Waals surface area (Å²) in [6, 6.07) is 15.0. The molecule has 0 aliphatic carbocycles. The van der Waals surface area contributed by atoms with Crippen LogP contribution in [0.5, 0.6) is 11.5 Å². The van der Waals surface area contributed by atoms with E-state index in [4.69, 9.17) is 9.47 Å². The lowest BCUT2D eigenvalue weighted by molar-refractivity contribution is -0.125.